The Morgan fingerprint density at radius 3 is 2.45 bits per heavy atom. The summed E-state index contributed by atoms with van der Waals surface area (Å²) >= 11 is 3.50. The summed E-state index contributed by atoms with van der Waals surface area (Å²) < 4.78 is 12.1. The van der Waals surface area contributed by atoms with Gasteiger partial charge in [-0.05, 0) is 31.2 Å². The first kappa shape index (κ1) is 18.8. The van der Waals surface area contributed by atoms with Crippen molar-refractivity contribution < 1.29 is 9.47 Å². The molecule has 2 aromatic carbocycles. The SMILES string of the molecule is CCOc1ccc(Br)cc1CNCc1ccccc1OC.Cl. The molecule has 0 aliphatic heterocycles. The first-order valence-electron chi connectivity index (χ1n) is 6.98. The van der Waals surface area contributed by atoms with Crippen molar-refractivity contribution in [2.75, 3.05) is 13.7 Å². The molecule has 22 heavy (non-hydrogen) atoms. The van der Waals surface area contributed by atoms with E-state index in [1.54, 1.807) is 7.11 Å². The summed E-state index contributed by atoms with van der Waals surface area (Å²) in [6.45, 7) is 4.16. The second-order valence-corrected chi connectivity index (χ2v) is 5.52. The zero-order chi connectivity index (χ0) is 15.1. The zero-order valence-electron chi connectivity index (χ0n) is 12.8. The molecule has 0 radical (unpaired) electrons. The quantitative estimate of drug-likeness (QED) is 0.756. The van der Waals surface area contributed by atoms with E-state index in [9.17, 15) is 0 Å². The van der Waals surface area contributed by atoms with Gasteiger partial charge >= 0.3 is 0 Å². The standard InChI is InChI=1S/C17H20BrNO2.ClH/c1-3-21-17-9-8-15(18)10-14(17)12-19-11-13-6-4-5-7-16(13)20-2;/h4-10,19H,3,11-12H2,1-2H3;1H. The Bertz CT molecular complexity index is 593. The molecule has 2 aromatic rings. The first-order valence-corrected chi connectivity index (χ1v) is 7.77. The highest BCUT2D eigenvalue weighted by Crippen LogP contribution is 2.23. The smallest absolute Gasteiger partial charge is 0.123 e. The third-order valence-corrected chi connectivity index (χ3v) is 3.64. The monoisotopic (exact) mass is 385 g/mol. The third kappa shape index (κ3) is 5.20. The molecule has 0 unspecified atom stereocenters. The Balaban J connectivity index is 0.00000242. The molecule has 0 atom stereocenters. The van der Waals surface area contributed by atoms with Crippen LogP contribution in [0.3, 0.4) is 0 Å². The van der Waals surface area contributed by atoms with Gasteiger partial charge in [-0.2, -0.15) is 0 Å². The molecule has 120 valence electrons. The average Bonchev–Trinajstić information content (AvgIpc) is 2.50. The summed E-state index contributed by atoms with van der Waals surface area (Å²) in [6.07, 6.45) is 0. The lowest BCUT2D eigenvalue weighted by Gasteiger charge is -2.13. The number of methoxy groups -OCH3 is 1. The molecule has 0 heterocycles. The summed E-state index contributed by atoms with van der Waals surface area (Å²) in [5.41, 5.74) is 2.29. The van der Waals surface area contributed by atoms with E-state index in [1.165, 1.54) is 0 Å². The number of hydrogen-bond acceptors (Lipinski definition) is 3. The molecule has 2 rings (SSSR count). The fraction of sp³-hybridized carbons (Fsp3) is 0.294. The van der Waals surface area contributed by atoms with Crippen LogP contribution in [-0.4, -0.2) is 13.7 Å². The van der Waals surface area contributed by atoms with E-state index in [4.69, 9.17) is 9.47 Å². The normalized spacial score (nSPS) is 9.95. The molecular formula is C17H21BrClNO2. The summed E-state index contributed by atoms with van der Waals surface area (Å²) in [6, 6.07) is 14.1. The number of halogens is 2. The Morgan fingerprint density at radius 2 is 1.73 bits per heavy atom. The highest BCUT2D eigenvalue weighted by molar-refractivity contribution is 9.10. The maximum absolute atomic E-state index is 5.65. The first-order chi connectivity index (χ1) is 10.2. The Labute approximate surface area is 146 Å². The molecule has 0 aromatic heterocycles. The van der Waals surface area contributed by atoms with E-state index in [-0.39, 0.29) is 12.4 Å². The molecule has 0 spiro atoms. The minimum atomic E-state index is 0. The van der Waals surface area contributed by atoms with Crippen molar-refractivity contribution in [1.82, 2.24) is 5.32 Å². The van der Waals surface area contributed by atoms with E-state index in [0.717, 1.165) is 40.2 Å². The van der Waals surface area contributed by atoms with Gasteiger partial charge in [-0.25, -0.2) is 0 Å². The van der Waals surface area contributed by atoms with E-state index >= 15 is 0 Å². The molecule has 1 N–H and O–H groups in total. The van der Waals surface area contributed by atoms with Crippen molar-refractivity contribution in [2.24, 2.45) is 0 Å². The highest BCUT2D eigenvalue weighted by Gasteiger charge is 2.05. The summed E-state index contributed by atoms with van der Waals surface area (Å²) in [5, 5.41) is 3.44. The van der Waals surface area contributed by atoms with Gasteiger partial charge in [0, 0.05) is 28.7 Å². The number of hydrogen-bond donors (Lipinski definition) is 1. The van der Waals surface area contributed by atoms with Gasteiger partial charge in [0.25, 0.3) is 0 Å². The number of benzene rings is 2. The van der Waals surface area contributed by atoms with Crippen LogP contribution in [0.4, 0.5) is 0 Å². The minimum absolute atomic E-state index is 0. The number of rotatable bonds is 7. The number of para-hydroxylation sites is 1. The van der Waals surface area contributed by atoms with E-state index in [2.05, 4.69) is 33.4 Å². The van der Waals surface area contributed by atoms with Crippen LogP contribution in [-0.2, 0) is 13.1 Å². The predicted molar refractivity (Wildman–Crippen MR) is 96.1 cm³/mol. The summed E-state index contributed by atoms with van der Waals surface area (Å²) in [7, 11) is 1.69. The maximum Gasteiger partial charge on any atom is 0.123 e. The lowest BCUT2D eigenvalue weighted by molar-refractivity contribution is 0.335. The van der Waals surface area contributed by atoms with Gasteiger partial charge < -0.3 is 14.8 Å². The van der Waals surface area contributed by atoms with Gasteiger partial charge in [0.05, 0.1) is 13.7 Å². The lowest BCUT2D eigenvalue weighted by atomic mass is 10.1. The van der Waals surface area contributed by atoms with E-state index in [0.29, 0.717) is 6.61 Å². The van der Waals surface area contributed by atoms with Crippen molar-refractivity contribution in [3.05, 3.63) is 58.1 Å². The van der Waals surface area contributed by atoms with Gasteiger partial charge in [-0.15, -0.1) is 12.4 Å². The van der Waals surface area contributed by atoms with Crippen LogP contribution >= 0.6 is 28.3 Å². The molecule has 5 heteroatoms. The largest absolute Gasteiger partial charge is 0.496 e. The van der Waals surface area contributed by atoms with Crippen molar-refractivity contribution >= 4 is 28.3 Å². The van der Waals surface area contributed by atoms with E-state index < -0.39 is 0 Å². The van der Waals surface area contributed by atoms with Crippen molar-refractivity contribution in [3.8, 4) is 11.5 Å². The van der Waals surface area contributed by atoms with Crippen LogP contribution in [0.15, 0.2) is 46.9 Å². The zero-order valence-corrected chi connectivity index (χ0v) is 15.2. The fourth-order valence-electron chi connectivity index (χ4n) is 2.16. The molecule has 0 saturated carbocycles. The van der Waals surface area contributed by atoms with Crippen LogP contribution in [0.5, 0.6) is 11.5 Å². The molecule has 0 fully saturated rings. The average molecular weight is 387 g/mol. The lowest BCUT2D eigenvalue weighted by Crippen LogP contribution is -2.14. The van der Waals surface area contributed by atoms with Crippen molar-refractivity contribution in [3.63, 3.8) is 0 Å². The number of ether oxygens (including phenoxy) is 2. The Kier molecular flexibility index (Phi) is 8.31. The summed E-state index contributed by atoms with van der Waals surface area (Å²) in [5.74, 6) is 1.83. The fourth-order valence-corrected chi connectivity index (χ4v) is 2.57. The Morgan fingerprint density at radius 1 is 1.00 bits per heavy atom. The highest BCUT2D eigenvalue weighted by atomic mass is 79.9. The van der Waals surface area contributed by atoms with Crippen LogP contribution < -0.4 is 14.8 Å². The number of nitrogens with one attached hydrogen (secondary N) is 1. The maximum atomic E-state index is 5.65. The predicted octanol–water partition coefficient (Wildman–Crippen LogP) is 4.57. The van der Waals surface area contributed by atoms with Gasteiger partial charge in [0.2, 0.25) is 0 Å². The third-order valence-electron chi connectivity index (χ3n) is 3.15. The molecular weight excluding hydrogens is 366 g/mol. The van der Waals surface area contributed by atoms with Gasteiger partial charge in [-0.3, -0.25) is 0 Å². The molecule has 0 amide bonds. The van der Waals surface area contributed by atoms with Crippen LogP contribution in [0.2, 0.25) is 0 Å². The molecule has 0 aliphatic rings. The Hall–Kier alpha value is -1.23. The van der Waals surface area contributed by atoms with Crippen LogP contribution in [0.25, 0.3) is 0 Å². The van der Waals surface area contributed by atoms with Gasteiger partial charge in [0.15, 0.2) is 0 Å². The molecule has 0 saturated heterocycles. The topological polar surface area (TPSA) is 30.5 Å². The molecule has 3 nitrogen and oxygen atoms in total. The van der Waals surface area contributed by atoms with Crippen molar-refractivity contribution in [2.45, 2.75) is 20.0 Å². The van der Waals surface area contributed by atoms with Gasteiger partial charge in [-0.1, -0.05) is 34.1 Å². The summed E-state index contributed by atoms with van der Waals surface area (Å²) in [4.78, 5) is 0. The van der Waals surface area contributed by atoms with E-state index in [1.807, 2.05) is 37.3 Å². The van der Waals surface area contributed by atoms with Crippen molar-refractivity contribution in [1.29, 1.82) is 0 Å². The minimum Gasteiger partial charge on any atom is -0.496 e. The van der Waals surface area contributed by atoms with Crippen LogP contribution in [0, 0.1) is 0 Å². The van der Waals surface area contributed by atoms with Gasteiger partial charge in [0.1, 0.15) is 11.5 Å². The second kappa shape index (κ2) is 9.72. The van der Waals surface area contributed by atoms with Crippen LogP contribution in [0.1, 0.15) is 18.1 Å². The second-order valence-electron chi connectivity index (χ2n) is 4.60. The molecule has 0 bridgehead atoms. The molecule has 0 aliphatic carbocycles.